The van der Waals surface area contributed by atoms with Crippen molar-refractivity contribution >= 4 is 5.82 Å². The predicted molar refractivity (Wildman–Crippen MR) is 80.5 cm³/mol. The third-order valence-corrected chi connectivity index (χ3v) is 3.85. The van der Waals surface area contributed by atoms with Crippen LogP contribution in [0.25, 0.3) is 11.1 Å². The van der Waals surface area contributed by atoms with Gasteiger partial charge in [0.25, 0.3) is 0 Å². The fourth-order valence-corrected chi connectivity index (χ4v) is 2.45. The minimum atomic E-state index is 0.421. The molecule has 0 aliphatic carbocycles. The first-order valence-electron chi connectivity index (χ1n) is 7.33. The molecular formula is C16H20N2O3. The van der Waals surface area contributed by atoms with Crippen LogP contribution < -0.4 is 15.2 Å². The lowest BCUT2D eigenvalue weighted by Crippen LogP contribution is -2.15. The molecule has 1 aromatic carbocycles. The molecule has 1 atom stereocenters. The average molecular weight is 288 g/mol. The molecule has 112 valence electrons. The van der Waals surface area contributed by atoms with E-state index < -0.39 is 0 Å². The molecule has 1 unspecified atom stereocenters. The molecule has 0 fully saturated rings. The van der Waals surface area contributed by atoms with Crippen LogP contribution in [0.3, 0.4) is 0 Å². The molecule has 2 heterocycles. The van der Waals surface area contributed by atoms with Gasteiger partial charge < -0.3 is 19.7 Å². The number of fused-ring (bicyclic) bond motifs is 1. The number of nitrogens with zero attached hydrogens (tertiary/aromatic N) is 1. The highest BCUT2D eigenvalue weighted by Gasteiger charge is 2.20. The Hall–Kier alpha value is -2.17. The Labute approximate surface area is 124 Å². The molecule has 5 heteroatoms. The first kappa shape index (κ1) is 13.8. The lowest BCUT2D eigenvalue weighted by Gasteiger charge is -2.19. The maximum absolute atomic E-state index is 5.99. The first-order chi connectivity index (χ1) is 10.2. The molecule has 21 heavy (non-hydrogen) atoms. The standard InChI is InChI=1S/C16H20N2O3/c1-3-10(2)8-14-15(16(17)18-21-14)11-4-5-12-13(9-11)20-7-6-19-12/h4-5,9-10H,3,6-8H2,1-2H3,(H2,17,18). The Morgan fingerprint density at radius 1 is 1.24 bits per heavy atom. The van der Waals surface area contributed by atoms with Crippen LogP contribution in [-0.2, 0) is 6.42 Å². The number of anilines is 1. The van der Waals surface area contributed by atoms with Crippen molar-refractivity contribution in [2.24, 2.45) is 5.92 Å². The molecule has 1 aliphatic heterocycles. The van der Waals surface area contributed by atoms with Crippen LogP contribution in [0, 0.1) is 5.92 Å². The fraction of sp³-hybridized carbons (Fsp3) is 0.438. The van der Waals surface area contributed by atoms with Crippen LogP contribution >= 0.6 is 0 Å². The van der Waals surface area contributed by atoms with E-state index in [4.69, 9.17) is 19.7 Å². The maximum atomic E-state index is 5.99. The van der Waals surface area contributed by atoms with Gasteiger partial charge in [-0.2, -0.15) is 0 Å². The number of nitrogens with two attached hydrogens (primary N) is 1. The lowest BCUT2D eigenvalue weighted by atomic mass is 9.97. The number of hydrogen-bond acceptors (Lipinski definition) is 5. The fourth-order valence-electron chi connectivity index (χ4n) is 2.45. The van der Waals surface area contributed by atoms with Crippen molar-refractivity contribution in [3.05, 3.63) is 24.0 Å². The van der Waals surface area contributed by atoms with E-state index in [1.165, 1.54) is 0 Å². The maximum Gasteiger partial charge on any atom is 0.175 e. The number of rotatable bonds is 4. The second-order valence-corrected chi connectivity index (χ2v) is 5.44. The van der Waals surface area contributed by atoms with E-state index in [1.807, 2.05) is 18.2 Å². The summed E-state index contributed by atoms with van der Waals surface area (Å²) in [6, 6.07) is 5.82. The van der Waals surface area contributed by atoms with Crippen molar-refractivity contribution in [2.75, 3.05) is 18.9 Å². The molecule has 0 saturated carbocycles. The Morgan fingerprint density at radius 3 is 2.76 bits per heavy atom. The van der Waals surface area contributed by atoms with Crippen LogP contribution in [0.2, 0.25) is 0 Å². The quantitative estimate of drug-likeness (QED) is 0.934. The molecule has 0 bridgehead atoms. The molecule has 0 radical (unpaired) electrons. The van der Waals surface area contributed by atoms with Gasteiger partial charge >= 0.3 is 0 Å². The monoisotopic (exact) mass is 288 g/mol. The third kappa shape index (κ3) is 2.68. The zero-order valence-electron chi connectivity index (χ0n) is 12.4. The summed E-state index contributed by atoms with van der Waals surface area (Å²) in [5.41, 5.74) is 7.81. The highest BCUT2D eigenvalue weighted by molar-refractivity contribution is 5.77. The minimum absolute atomic E-state index is 0.421. The van der Waals surface area contributed by atoms with Gasteiger partial charge in [0.1, 0.15) is 19.0 Å². The summed E-state index contributed by atoms with van der Waals surface area (Å²) in [6.45, 7) is 5.50. The molecular weight excluding hydrogens is 268 g/mol. The van der Waals surface area contributed by atoms with E-state index in [2.05, 4.69) is 19.0 Å². The number of nitrogen functional groups attached to an aromatic ring is 1. The summed E-state index contributed by atoms with van der Waals surface area (Å²) in [5, 5.41) is 3.92. The minimum Gasteiger partial charge on any atom is -0.486 e. The SMILES string of the molecule is CCC(C)Cc1onc(N)c1-c1ccc2c(c1)OCCO2. The normalized spacial score (nSPS) is 15.0. The van der Waals surface area contributed by atoms with Crippen molar-refractivity contribution in [3.8, 4) is 22.6 Å². The number of hydrogen-bond donors (Lipinski definition) is 1. The van der Waals surface area contributed by atoms with Gasteiger partial charge in [0.15, 0.2) is 17.3 Å². The van der Waals surface area contributed by atoms with E-state index in [0.717, 1.165) is 41.2 Å². The van der Waals surface area contributed by atoms with Crippen molar-refractivity contribution < 1.29 is 14.0 Å². The average Bonchev–Trinajstić information content (AvgIpc) is 2.87. The summed E-state index contributed by atoms with van der Waals surface area (Å²) in [4.78, 5) is 0. The van der Waals surface area contributed by atoms with Crippen molar-refractivity contribution in [1.82, 2.24) is 5.16 Å². The van der Waals surface area contributed by atoms with Gasteiger partial charge in [0.05, 0.1) is 5.56 Å². The molecule has 1 aliphatic rings. The van der Waals surface area contributed by atoms with Crippen molar-refractivity contribution in [3.63, 3.8) is 0 Å². The van der Waals surface area contributed by atoms with Crippen molar-refractivity contribution in [2.45, 2.75) is 26.7 Å². The smallest absolute Gasteiger partial charge is 0.175 e. The Kier molecular flexibility index (Phi) is 3.73. The molecule has 2 aromatic rings. The summed E-state index contributed by atoms with van der Waals surface area (Å²) in [5.74, 6) is 3.29. The largest absolute Gasteiger partial charge is 0.486 e. The molecule has 0 saturated heterocycles. The summed E-state index contributed by atoms with van der Waals surface area (Å²) < 4.78 is 16.6. The van der Waals surface area contributed by atoms with Crippen LogP contribution in [0.15, 0.2) is 22.7 Å². The van der Waals surface area contributed by atoms with Gasteiger partial charge in [-0.15, -0.1) is 0 Å². The number of benzene rings is 1. The van der Waals surface area contributed by atoms with Gasteiger partial charge in [0.2, 0.25) is 0 Å². The third-order valence-electron chi connectivity index (χ3n) is 3.85. The van der Waals surface area contributed by atoms with Gasteiger partial charge in [-0.1, -0.05) is 31.5 Å². The highest BCUT2D eigenvalue weighted by atomic mass is 16.6. The molecule has 1 aromatic heterocycles. The molecule has 5 nitrogen and oxygen atoms in total. The van der Waals surface area contributed by atoms with Gasteiger partial charge in [0, 0.05) is 6.42 Å². The summed E-state index contributed by atoms with van der Waals surface area (Å²) >= 11 is 0. The Balaban J connectivity index is 1.98. The van der Waals surface area contributed by atoms with E-state index in [9.17, 15) is 0 Å². The Bertz CT molecular complexity index is 636. The van der Waals surface area contributed by atoms with E-state index in [-0.39, 0.29) is 0 Å². The Morgan fingerprint density at radius 2 is 2.00 bits per heavy atom. The topological polar surface area (TPSA) is 70.5 Å². The van der Waals surface area contributed by atoms with Gasteiger partial charge in [-0.25, -0.2) is 0 Å². The van der Waals surface area contributed by atoms with Gasteiger partial charge in [-0.05, 0) is 23.6 Å². The van der Waals surface area contributed by atoms with Crippen molar-refractivity contribution in [1.29, 1.82) is 0 Å². The van der Waals surface area contributed by atoms with Crippen LogP contribution in [0.5, 0.6) is 11.5 Å². The van der Waals surface area contributed by atoms with Crippen LogP contribution in [-0.4, -0.2) is 18.4 Å². The van der Waals surface area contributed by atoms with E-state index in [0.29, 0.717) is 24.9 Å². The molecule has 2 N–H and O–H groups in total. The highest BCUT2D eigenvalue weighted by Crippen LogP contribution is 2.38. The second kappa shape index (κ2) is 5.68. The number of ether oxygens (including phenoxy) is 2. The second-order valence-electron chi connectivity index (χ2n) is 5.44. The number of aromatic nitrogens is 1. The van der Waals surface area contributed by atoms with Crippen LogP contribution in [0.1, 0.15) is 26.0 Å². The summed E-state index contributed by atoms with van der Waals surface area (Å²) in [6.07, 6.45) is 1.91. The van der Waals surface area contributed by atoms with E-state index in [1.54, 1.807) is 0 Å². The molecule has 0 spiro atoms. The van der Waals surface area contributed by atoms with Gasteiger partial charge in [-0.3, -0.25) is 0 Å². The zero-order chi connectivity index (χ0) is 14.8. The molecule has 3 rings (SSSR count). The van der Waals surface area contributed by atoms with E-state index >= 15 is 0 Å². The first-order valence-corrected chi connectivity index (χ1v) is 7.33. The van der Waals surface area contributed by atoms with Crippen LogP contribution in [0.4, 0.5) is 5.82 Å². The lowest BCUT2D eigenvalue weighted by molar-refractivity contribution is 0.171. The predicted octanol–water partition coefficient (Wildman–Crippen LogP) is 3.28. The zero-order valence-corrected chi connectivity index (χ0v) is 12.4. The molecule has 0 amide bonds. The summed E-state index contributed by atoms with van der Waals surface area (Å²) in [7, 11) is 0.